The monoisotopic (exact) mass is 469 g/mol. The van der Waals surface area contributed by atoms with E-state index in [1.807, 2.05) is 54.6 Å². The molecule has 0 radical (unpaired) electrons. The maximum absolute atomic E-state index is 13.0. The number of ether oxygens (including phenoxy) is 3. The van der Waals surface area contributed by atoms with E-state index in [1.165, 1.54) is 0 Å². The molecule has 0 bridgehead atoms. The van der Waals surface area contributed by atoms with E-state index in [-0.39, 0.29) is 5.91 Å². The van der Waals surface area contributed by atoms with Gasteiger partial charge in [-0.25, -0.2) is 0 Å². The number of benzene rings is 3. The Morgan fingerprint density at radius 3 is 2.13 bits per heavy atom. The van der Waals surface area contributed by atoms with E-state index in [4.69, 9.17) is 14.2 Å². The first-order valence-corrected chi connectivity index (χ1v) is 10.2. The molecule has 0 saturated heterocycles. The van der Waals surface area contributed by atoms with Crippen molar-refractivity contribution in [1.29, 1.82) is 0 Å². The molecule has 0 fully saturated rings. The lowest BCUT2D eigenvalue weighted by Gasteiger charge is -2.20. The molecule has 3 aromatic carbocycles. The molecule has 0 aromatic heterocycles. The molecule has 30 heavy (non-hydrogen) atoms. The van der Waals surface area contributed by atoms with Gasteiger partial charge in [-0.2, -0.15) is 0 Å². The van der Waals surface area contributed by atoms with Crippen LogP contribution < -0.4 is 14.2 Å². The Morgan fingerprint density at radius 1 is 0.933 bits per heavy atom. The van der Waals surface area contributed by atoms with Crippen LogP contribution in [0.15, 0.2) is 71.2 Å². The quantitative estimate of drug-likeness (QED) is 0.447. The highest BCUT2D eigenvalue weighted by molar-refractivity contribution is 9.10. The largest absolute Gasteiger partial charge is 0.493 e. The smallest absolute Gasteiger partial charge is 0.254 e. The molecule has 0 N–H and O–H groups in total. The summed E-state index contributed by atoms with van der Waals surface area (Å²) in [4.78, 5) is 14.7. The number of halogens is 1. The number of rotatable bonds is 8. The molecule has 0 heterocycles. The summed E-state index contributed by atoms with van der Waals surface area (Å²) >= 11 is 3.53. The molecular weight excluding hydrogens is 446 g/mol. The van der Waals surface area contributed by atoms with Gasteiger partial charge >= 0.3 is 0 Å². The second-order valence-electron chi connectivity index (χ2n) is 6.74. The fourth-order valence-corrected chi connectivity index (χ4v) is 3.46. The number of nitrogens with zero attached hydrogens (tertiary/aromatic N) is 1. The lowest BCUT2D eigenvalue weighted by atomic mass is 10.1. The lowest BCUT2D eigenvalue weighted by molar-refractivity contribution is 0.0784. The Hall–Kier alpha value is -2.99. The molecule has 0 saturated carbocycles. The highest BCUT2D eigenvalue weighted by atomic mass is 79.9. The van der Waals surface area contributed by atoms with Crippen LogP contribution >= 0.6 is 15.9 Å². The van der Waals surface area contributed by atoms with Crippen LogP contribution in [0.5, 0.6) is 17.2 Å². The van der Waals surface area contributed by atoms with E-state index in [2.05, 4.69) is 15.9 Å². The van der Waals surface area contributed by atoms with Gasteiger partial charge in [-0.15, -0.1) is 0 Å². The van der Waals surface area contributed by atoms with Gasteiger partial charge in [-0.3, -0.25) is 4.79 Å². The van der Waals surface area contributed by atoms with Gasteiger partial charge in [0.2, 0.25) is 5.75 Å². The van der Waals surface area contributed by atoms with Crippen molar-refractivity contribution in [2.75, 3.05) is 21.3 Å². The summed E-state index contributed by atoms with van der Waals surface area (Å²) in [7, 11) is 4.85. The number of methoxy groups -OCH3 is 2. The van der Waals surface area contributed by atoms with Crippen LogP contribution in [0.2, 0.25) is 0 Å². The van der Waals surface area contributed by atoms with Crippen molar-refractivity contribution in [3.8, 4) is 17.2 Å². The minimum absolute atomic E-state index is 0.142. The van der Waals surface area contributed by atoms with Crippen molar-refractivity contribution < 1.29 is 19.0 Å². The van der Waals surface area contributed by atoms with Gasteiger partial charge in [-0.1, -0.05) is 64.5 Å². The van der Waals surface area contributed by atoms with Crippen LogP contribution in [0.4, 0.5) is 0 Å². The molecule has 0 atom stereocenters. The van der Waals surface area contributed by atoms with Crippen LogP contribution in [-0.2, 0) is 13.2 Å². The van der Waals surface area contributed by atoms with Crippen LogP contribution in [0.1, 0.15) is 21.5 Å². The van der Waals surface area contributed by atoms with Crippen molar-refractivity contribution in [3.05, 3.63) is 87.9 Å². The zero-order chi connectivity index (χ0) is 21.5. The topological polar surface area (TPSA) is 48.0 Å². The predicted octanol–water partition coefficient (Wildman–Crippen LogP) is 5.32. The molecule has 0 aliphatic heterocycles. The number of hydrogen-bond donors (Lipinski definition) is 0. The average molecular weight is 470 g/mol. The Morgan fingerprint density at radius 2 is 1.53 bits per heavy atom. The Balaban J connectivity index is 1.83. The summed E-state index contributed by atoms with van der Waals surface area (Å²) in [5.41, 5.74) is 2.51. The predicted molar refractivity (Wildman–Crippen MR) is 120 cm³/mol. The second-order valence-corrected chi connectivity index (χ2v) is 7.59. The minimum atomic E-state index is -0.142. The first-order chi connectivity index (χ1) is 14.5. The van der Waals surface area contributed by atoms with Gasteiger partial charge in [0.15, 0.2) is 11.5 Å². The number of carbonyl (C=O) groups excluding carboxylic acids is 1. The SMILES string of the molecule is COc1cc(C(=O)N(C)Cc2ccccc2Br)cc(OC)c1OCc1ccccc1. The van der Waals surface area contributed by atoms with E-state index >= 15 is 0 Å². The third-order valence-electron chi connectivity index (χ3n) is 4.65. The fraction of sp³-hybridized carbons (Fsp3) is 0.208. The van der Waals surface area contributed by atoms with Crippen molar-refractivity contribution in [1.82, 2.24) is 4.90 Å². The van der Waals surface area contributed by atoms with E-state index in [0.29, 0.717) is 36.0 Å². The van der Waals surface area contributed by atoms with Crippen molar-refractivity contribution >= 4 is 21.8 Å². The summed E-state index contributed by atoms with van der Waals surface area (Å²) in [6.45, 7) is 0.833. The molecule has 5 nitrogen and oxygen atoms in total. The third-order valence-corrected chi connectivity index (χ3v) is 5.42. The number of amides is 1. The van der Waals surface area contributed by atoms with E-state index in [1.54, 1.807) is 38.3 Å². The van der Waals surface area contributed by atoms with Crippen LogP contribution in [0.3, 0.4) is 0 Å². The first kappa shape index (κ1) is 21.7. The standard InChI is InChI=1S/C24H24BrNO4/c1-26(15-18-11-7-8-12-20(18)25)24(27)19-13-21(28-2)23(22(14-19)29-3)30-16-17-9-5-4-6-10-17/h4-14H,15-16H2,1-3H3. The van der Waals surface area contributed by atoms with Gasteiger partial charge in [0.05, 0.1) is 14.2 Å². The molecule has 3 rings (SSSR count). The molecule has 1 amide bonds. The lowest BCUT2D eigenvalue weighted by Crippen LogP contribution is -2.26. The summed E-state index contributed by atoms with van der Waals surface area (Å²) in [5, 5.41) is 0. The molecule has 0 aliphatic carbocycles. The van der Waals surface area contributed by atoms with Gasteiger partial charge in [0.1, 0.15) is 6.61 Å². The Labute approximate surface area is 185 Å². The van der Waals surface area contributed by atoms with E-state index < -0.39 is 0 Å². The van der Waals surface area contributed by atoms with Gasteiger partial charge in [0, 0.05) is 23.6 Å². The summed E-state index contributed by atoms with van der Waals surface area (Å²) in [6, 6.07) is 21.0. The van der Waals surface area contributed by atoms with Gasteiger partial charge in [0.25, 0.3) is 5.91 Å². The van der Waals surface area contributed by atoms with E-state index in [0.717, 1.165) is 15.6 Å². The fourth-order valence-electron chi connectivity index (χ4n) is 3.05. The minimum Gasteiger partial charge on any atom is -0.493 e. The highest BCUT2D eigenvalue weighted by Gasteiger charge is 2.20. The number of carbonyl (C=O) groups is 1. The summed E-state index contributed by atoms with van der Waals surface area (Å²) < 4.78 is 17.9. The van der Waals surface area contributed by atoms with Crippen molar-refractivity contribution in [2.45, 2.75) is 13.2 Å². The molecule has 156 valence electrons. The van der Waals surface area contributed by atoms with Crippen LogP contribution in [0, 0.1) is 0 Å². The van der Waals surface area contributed by atoms with Crippen LogP contribution in [0.25, 0.3) is 0 Å². The van der Waals surface area contributed by atoms with Crippen molar-refractivity contribution in [2.24, 2.45) is 0 Å². The second kappa shape index (κ2) is 10.2. The highest BCUT2D eigenvalue weighted by Crippen LogP contribution is 2.39. The molecule has 0 spiro atoms. The normalized spacial score (nSPS) is 10.4. The third kappa shape index (κ3) is 5.13. The Kier molecular flexibility index (Phi) is 7.36. The molecule has 0 unspecified atom stereocenters. The molecule has 3 aromatic rings. The van der Waals surface area contributed by atoms with Crippen LogP contribution in [-0.4, -0.2) is 32.1 Å². The molecule has 6 heteroatoms. The number of hydrogen-bond acceptors (Lipinski definition) is 4. The van der Waals surface area contributed by atoms with E-state index in [9.17, 15) is 4.79 Å². The zero-order valence-electron chi connectivity index (χ0n) is 17.2. The first-order valence-electron chi connectivity index (χ1n) is 9.45. The van der Waals surface area contributed by atoms with Crippen molar-refractivity contribution in [3.63, 3.8) is 0 Å². The van der Waals surface area contributed by atoms with Gasteiger partial charge < -0.3 is 19.1 Å². The Bertz CT molecular complexity index is 982. The molecular formula is C24H24BrNO4. The van der Waals surface area contributed by atoms with Gasteiger partial charge in [-0.05, 0) is 29.3 Å². The molecule has 0 aliphatic rings. The zero-order valence-corrected chi connectivity index (χ0v) is 18.8. The maximum atomic E-state index is 13.0. The maximum Gasteiger partial charge on any atom is 0.254 e. The average Bonchev–Trinajstić information content (AvgIpc) is 2.78. The summed E-state index contributed by atoms with van der Waals surface area (Å²) in [5.74, 6) is 1.22. The summed E-state index contributed by atoms with van der Waals surface area (Å²) in [6.07, 6.45) is 0.